The quantitative estimate of drug-likeness (QED) is 0.270. The van der Waals surface area contributed by atoms with Crippen LogP contribution in [0.25, 0.3) is 0 Å². The summed E-state index contributed by atoms with van der Waals surface area (Å²) in [4.78, 5) is 43.4. The molecule has 0 heterocycles. The normalized spacial score (nSPS) is 8.71. The predicted molar refractivity (Wildman–Crippen MR) is 71.0 cm³/mol. The molecule has 0 fully saturated rings. The Bertz CT molecular complexity index is 364. The number of aliphatic carboxylic acids is 4. The summed E-state index contributed by atoms with van der Waals surface area (Å²) in [5.74, 6) is -6.12. The van der Waals surface area contributed by atoms with Crippen molar-refractivity contribution in [3.63, 3.8) is 0 Å². The number of carboxylic acids is 4. The van der Waals surface area contributed by atoms with Crippen LogP contribution in [0.5, 0.6) is 0 Å². The molecule has 0 spiro atoms. The molecule has 0 amide bonds. The van der Waals surface area contributed by atoms with Crippen LogP contribution in [0.4, 0.5) is 0 Å². The van der Waals surface area contributed by atoms with Gasteiger partial charge in [-0.1, -0.05) is 0 Å². The SMILES string of the molecule is NCCN.O=C([O-])CN(CCN(CC(=O)[O-])CC(=O)[O-])CC(=O)[O-].[Na+].[Na+].[Na+].[Na+]. The smallest absolute Gasteiger partial charge is 0.549 e. The molecule has 0 unspecified atom stereocenters. The Labute approximate surface area is 251 Å². The summed E-state index contributed by atoms with van der Waals surface area (Å²) in [6, 6.07) is 0. The standard InChI is InChI=1S/C10H16N2O8.C2H8N2.4Na/c13-7(14)3-11(4-8(15)16)1-2-12(5-9(17)18)6-10(19)20;3-1-2-4;;;;/h1-6H2,(H,13,14)(H,15,16)(H,17,18)(H,19,20);1-4H2;;;;/q;;4*+1/p-4. The number of carbonyl (C=O) groups is 4. The minimum Gasteiger partial charge on any atom is -0.549 e. The Morgan fingerprint density at radius 1 is 0.536 bits per heavy atom. The predicted octanol–water partition coefficient (Wildman–Crippen LogP) is -20.5. The Morgan fingerprint density at radius 3 is 0.821 bits per heavy atom. The first-order chi connectivity index (χ1) is 11.1. The van der Waals surface area contributed by atoms with Gasteiger partial charge in [0, 0.05) is 52.4 Å². The third kappa shape index (κ3) is 35.2. The molecule has 16 heteroatoms. The Kier molecular flexibility index (Phi) is 44.7. The molecule has 4 N–H and O–H groups in total. The van der Waals surface area contributed by atoms with Gasteiger partial charge in [-0.05, 0) is 0 Å². The number of nitrogens with two attached hydrogens (primary N) is 2. The van der Waals surface area contributed by atoms with Crippen LogP contribution in [0.15, 0.2) is 0 Å². The molecular weight excluding hydrogens is 420 g/mol. The van der Waals surface area contributed by atoms with E-state index in [-0.39, 0.29) is 131 Å². The first-order valence-electron chi connectivity index (χ1n) is 6.76. The number of carbonyl (C=O) groups excluding carboxylic acids is 4. The number of nitrogens with zero attached hydrogens (tertiary/aromatic N) is 2. The second-order valence-corrected chi connectivity index (χ2v) is 4.49. The molecule has 0 aliphatic rings. The van der Waals surface area contributed by atoms with Crippen LogP contribution >= 0.6 is 0 Å². The van der Waals surface area contributed by atoms with Crippen LogP contribution in [0.3, 0.4) is 0 Å². The largest absolute Gasteiger partial charge is 1.00 e. The first-order valence-corrected chi connectivity index (χ1v) is 6.76. The summed E-state index contributed by atoms with van der Waals surface area (Å²) in [6.45, 7) is -2.06. The van der Waals surface area contributed by atoms with Gasteiger partial charge in [0.15, 0.2) is 0 Å². The van der Waals surface area contributed by atoms with E-state index in [1.54, 1.807) is 0 Å². The number of hydrogen-bond acceptors (Lipinski definition) is 12. The molecular formula is C12H20N4Na4O8. The van der Waals surface area contributed by atoms with E-state index in [0.717, 1.165) is 9.80 Å². The van der Waals surface area contributed by atoms with Gasteiger partial charge in [-0.25, -0.2) is 0 Å². The van der Waals surface area contributed by atoms with E-state index in [2.05, 4.69) is 0 Å². The van der Waals surface area contributed by atoms with Gasteiger partial charge in [0.05, 0.1) is 23.9 Å². The summed E-state index contributed by atoms with van der Waals surface area (Å²) < 4.78 is 0. The summed E-state index contributed by atoms with van der Waals surface area (Å²) >= 11 is 0. The molecule has 0 aliphatic heterocycles. The molecule has 0 saturated carbocycles. The van der Waals surface area contributed by atoms with Gasteiger partial charge < -0.3 is 51.1 Å². The van der Waals surface area contributed by atoms with E-state index < -0.39 is 50.1 Å². The number of carboxylic acid groups (broad SMARTS) is 4. The van der Waals surface area contributed by atoms with Gasteiger partial charge in [-0.2, -0.15) is 0 Å². The minimum absolute atomic E-state index is 0. The molecule has 0 aromatic heterocycles. The molecule has 12 nitrogen and oxygen atoms in total. The van der Waals surface area contributed by atoms with Gasteiger partial charge in [-0.15, -0.1) is 0 Å². The Morgan fingerprint density at radius 2 is 0.714 bits per heavy atom. The average molecular weight is 440 g/mol. The average Bonchev–Trinajstić information content (AvgIpc) is 2.42. The molecule has 28 heavy (non-hydrogen) atoms. The molecule has 0 aliphatic carbocycles. The monoisotopic (exact) mass is 440 g/mol. The first kappa shape index (κ1) is 43.6. The second kappa shape index (κ2) is 28.7. The third-order valence-corrected chi connectivity index (χ3v) is 2.31. The molecule has 0 rings (SSSR count). The van der Waals surface area contributed by atoms with Crippen LogP contribution < -0.4 is 150 Å². The van der Waals surface area contributed by atoms with E-state index >= 15 is 0 Å². The van der Waals surface area contributed by atoms with Gasteiger partial charge in [0.2, 0.25) is 0 Å². The van der Waals surface area contributed by atoms with E-state index in [9.17, 15) is 39.6 Å². The van der Waals surface area contributed by atoms with Crippen molar-refractivity contribution in [1.82, 2.24) is 9.80 Å². The molecule has 0 saturated heterocycles. The van der Waals surface area contributed by atoms with Crippen molar-refractivity contribution in [2.45, 2.75) is 0 Å². The van der Waals surface area contributed by atoms with Crippen molar-refractivity contribution in [2.24, 2.45) is 11.5 Å². The summed E-state index contributed by atoms with van der Waals surface area (Å²) in [5, 5.41) is 41.6. The van der Waals surface area contributed by atoms with Gasteiger partial charge in [-0.3, -0.25) is 9.80 Å². The van der Waals surface area contributed by atoms with Crippen molar-refractivity contribution in [1.29, 1.82) is 0 Å². The van der Waals surface area contributed by atoms with Crippen molar-refractivity contribution in [2.75, 3.05) is 52.4 Å². The van der Waals surface area contributed by atoms with E-state index in [1.165, 1.54) is 0 Å². The zero-order valence-corrected chi connectivity index (χ0v) is 25.0. The van der Waals surface area contributed by atoms with Crippen LogP contribution in [0.2, 0.25) is 0 Å². The molecule has 0 radical (unpaired) electrons. The van der Waals surface area contributed by atoms with Crippen molar-refractivity contribution in [3.8, 4) is 0 Å². The summed E-state index contributed by atoms with van der Waals surface area (Å²) in [5.41, 5.74) is 9.81. The number of rotatable bonds is 12. The van der Waals surface area contributed by atoms with Gasteiger partial charge in [0.25, 0.3) is 0 Å². The fraction of sp³-hybridized carbons (Fsp3) is 0.667. The van der Waals surface area contributed by atoms with Gasteiger partial charge in [0.1, 0.15) is 0 Å². The summed E-state index contributed by atoms with van der Waals surface area (Å²) in [6.07, 6.45) is 0. The van der Waals surface area contributed by atoms with E-state index in [0.29, 0.717) is 13.1 Å². The van der Waals surface area contributed by atoms with Gasteiger partial charge >= 0.3 is 118 Å². The van der Waals surface area contributed by atoms with Crippen molar-refractivity contribution in [3.05, 3.63) is 0 Å². The minimum atomic E-state index is -1.53. The Balaban J connectivity index is -0.000000137. The molecule has 0 aromatic carbocycles. The Hall–Kier alpha value is 1.72. The molecule has 0 atom stereocenters. The maximum absolute atomic E-state index is 10.4. The topological polar surface area (TPSA) is 219 Å². The second-order valence-electron chi connectivity index (χ2n) is 4.49. The maximum Gasteiger partial charge on any atom is 1.00 e. The van der Waals surface area contributed by atoms with Crippen LogP contribution in [-0.2, 0) is 19.2 Å². The number of hydrogen-bond donors (Lipinski definition) is 2. The van der Waals surface area contributed by atoms with Crippen LogP contribution in [-0.4, -0.2) is 86.0 Å². The zero-order valence-electron chi connectivity index (χ0n) is 17.0. The zero-order chi connectivity index (χ0) is 19.1. The molecule has 140 valence electrons. The van der Waals surface area contributed by atoms with Crippen molar-refractivity contribution >= 4 is 23.9 Å². The molecule has 0 bridgehead atoms. The fourth-order valence-corrected chi connectivity index (χ4v) is 1.44. The van der Waals surface area contributed by atoms with Crippen LogP contribution in [0.1, 0.15) is 0 Å². The fourth-order valence-electron chi connectivity index (χ4n) is 1.44. The van der Waals surface area contributed by atoms with E-state index in [4.69, 9.17) is 11.5 Å². The summed E-state index contributed by atoms with van der Waals surface area (Å²) in [7, 11) is 0. The van der Waals surface area contributed by atoms with Crippen LogP contribution in [0, 0.1) is 0 Å². The van der Waals surface area contributed by atoms with E-state index in [1.807, 2.05) is 0 Å². The molecule has 0 aromatic rings. The van der Waals surface area contributed by atoms with Crippen molar-refractivity contribution < 1.29 is 158 Å². The maximum atomic E-state index is 10.4. The third-order valence-electron chi connectivity index (χ3n) is 2.31.